The third kappa shape index (κ3) is 11.1. The topological polar surface area (TPSA) is 300 Å². The quantitative estimate of drug-likeness (QED) is 0.0479. The average Bonchev–Trinajstić information content (AvgIpc) is 3.99. The lowest BCUT2D eigenvalue weighted by molar-refractivity contribution is -0.384. The van der Waals surface area contributed by atoms with Crippen molar-refractivity contribution in [2.75, 3.05) is 43.7 Å². The third-order valence-corrected chi connectivity index (χ3v) is 8.03. The van der Waals surface area contributed by atoms with E-state index >= 15 is 0 Å². The molecule has 59 heavy (non-hydrogen) atoms. The zero-order valence-corrected chi connectivity index (χ0v) is 31.3. The number of imidazole rings is 2. The first-order valence-corrected chi connectivity index (χ1v) is 17.0. The molecule has 312 valence electrons. The number of amides is 4. The minimum atomic E-state index is -0.635. The number of hydrogen-bond donors (Lipinski definition) is 5. The third-order valence-electron chi connectivity index (χ3n) is 8.03. The maximum Gasteiger partial charge on any atom is 0.307 e. The molecule has 0 aliphatic carbocycles. The molecular weight excluding hydrogens is 776 g/mol. The summed E-state index contributed by atoms with van der Waals surface area (Å²) in [7, 11) is 5.70. The van der Waals surface area contributed by atoms with Gasteiger partial charge in [-0.05, 0) is 36.4 Å². The van der Waals surface area contributed by atoms with Crippen LogP contribution in [0, 0.1) is 10.1 Å². The zero-order chi connectivity index (χ0) is 42.1. The second-order valence-corrected chi connectivity index (χ2v) is 12.2. The molecule has 0 aliphatic rings. The van der Waals surface area contributed by atoms with Gasteiger partial charge < -0.3 is 54.4 Å². The molecule has 0 radical (unpaired) electrons. The Balaban J connectivity index is 0.000000311. The molecule has 22 nitrogen and oxygen atoms in total. The van der Waals surface area contributed by atoms with Crippen molar-refractivity contribution >= 4 is 80.5 Å². The molecule has 0 unspecified atom stereocenters. The maximum atomic E-state index is 12.4. The Labute approximate surface area is 335 Å². The van der Waals surface area contributed by atoms with Gasteiger partial charge in [-0.2, -0.15) is 0 Å². The highest BCUT2D eigenvalue weighted by Crippen LogP contribution is 2.25. The minimum Gasteiger partial charge on any atom is -0.469 e. The number of rotatable bonds is 13. The number of nitrogen functional groups attached to an aromatic ring is 1. The molecule has 6 aromatic rings. The van der Waals surface area contributed by atoms with Crippen LogP contribution in [0.25, 0.3) is 21.9 Å². The number of nitrogens with zero attached hydrogens (tertiary/aromatic N) is 5. The molecular formula is C37H42N10O12. The maximum absolute atomic E-state index is 12.4. The molecule has 0 spiro atoms. The number of ether oxygens (including phenoxy) is 2. The van der Waals surface area contributed by atoms with Gasteiger partial charge in [-0.3, -0.25) is 38.9 Å². The number of aryl methyl sites for hydroxylation is 2. The predicted molar refractivity (Wildman–Crippen MR) is 213 cm³/mol. The Morgan fingerprint density at radius 3 is 1.61 bits per heavy atom. The highest BCUT2D eigenvalue weighted by atomic mass is 16.6. The molecule has 6 N–H and O–H groups in total. The zero-order valence-electron chi connectivity index (χ0n) is 31.3. The van der Waals surface area contributed by atoms with Gasteiger partial charge in [0, 0.05) is 69.6 Å². The fourth-order valence-electron chi connectivity index (χ4n) is 5.18. The van der Waals surface area contributed by atoms with Crippen LogP contribution in [0.2, 0.25) is 0 Å². The number of esters is 2. The lowest BCUT2D eigenvalue weighted by atomic mass is 10.2. The van der Waals surface area contributed by atoms with Crippen LogP contribution in [-0.4, -0.2) is 86.9 Å². The summed E-state index contributed by atoms with van der Waals surface area (Å²) < 4.78 is 22.8. The first kappa shape index (κ1) is 43.7. The molecule has 4 heterocycles. The molecule has 6 rings (SSSR count). The van der Waals surface area contributed by atoms with Crippen molar-refractivity contribution in [3.05, 3.63) is 94.2 Å². The van der Waals surface area contributed by atoms with Gasteiger partial charge in [0.15, 0.2) is 23.2 Å². The van der Waals surface area contributed by atoms with Gasteiger partial charge in [0.1, 0.15) is 11.2 Å². The number of methoxy groups -OCH3 is 2. The molecule has 4 amide bonds. The molecule has 2 aromatic carbocycles. The van der Waals surface area contributed by atoms with Gasteiger partial charge in [-0.15, -0.1) is 0 Å². The van der Waals surface area contributed by atoms with Gasteiger partial charge in [-0.1, -0.05) is 7.43 Å². The van der Waals surface area contributed by atoms with Gasteiger partial charge >= 0.3 is 11.9 Å². The molecule has 0 bridgehead atoms. The Morgan fingerprint density at radius 2 is 1.17 bits per heavy atom. The van der Waals surface area contributed by atoms with Crippen LogP contribution in [0.3, 0.4) is 0 Å². The van der Waals surface area contributed by atoms with Crippen LogP contribution in [0.1, 0.15) is 64.0 Å². The molecule has 4 aromatic heterocycles. The largest absolute Gasteiger partial charge is 0.469 e. The highest BCUT2D eigenvalue weighted by Gasteiger charge is 2.20. The number of benzene rings is 2. The van der Waals surface area contributed by atoms with E-state index in [-0.39, 0.29) is 75.3 Å². The van der Waals surface area contributed by atoms with E-state index in [2.05, 4.69) is 40.7 Å². The molecule has 0 atom stereocenters. The normalized spacial score (nSPS) is 10.4. The number of carbonyl (C=O) groups excluding carboxylic acids is 6. The fourth-order valence-corrected chi connectivity index (χ4v) is 5.18. The van der Waals surface area contributed by atoms with E-state index < -0.39 is 40.5 Å². The summed E-state index contributed by atoms with van der Waals surface area (Å²) in [6.45, 7) is 0.188. The summed E-state index contributed by atoms with van der Waals surface area (Å²) in [5, 5.41) is 22.1. The number of anilines is 3. The van der Waals surface area contributed by atoms with Crippen molar-refractivity contribution in [1.82, 2.24) is 29.7 Å². The number of nitro groups is 1. The SMILES string of the molecule is C.COC(=O)CCNC(=O)c1nc(NC(=O)c2cc3cc(N)ccc3o2)cn1C.COC(=O)CCNC(=O)c1nc(NC(=O)c2cc3cc([N+](=O)[O-])ccc3o2)cn1C.[HH]. The smallest absolute Gasteiger partial charge is 0.307 e. The number of furan rings is 2. The highest BCUT2D eigenvalue weighted by molar-refractivity contribution is 6.05. The lowest BCUT2D eigenvalue weighted by Crippen LogP contribution is -2.28. The summed E-state index contributed by atoms with van der Waals surface area (Å²) in [5.74, 6) is -2.62. The van der Waals surface area contributed by atoms with Crippen molar-refractivity contribution < 1.29 is 53.4 Å². The van der Waals surface area contributed by atoms with Crippen LogP contribution >= 0.6 is 0 Å². The number of fused-ring (bicyclic) bond motifs is 2. The van der Waals surface area contributed by atoms with Crippen LogP contribution in [0.4, 0.5) is 23.0 Å². The summed E-state index contributed by atoms with van der Waals surface area (Å²) in [5.41, 5.74) is 7.01. The van der Waals surface area contributed by atoms with Gasteiger partial charge in [0.25, 0.3) is 29.3 Å². The van der Waals surface area contributed by atoms with Crippen molar-refractivity contribution in [1.29, 1.82) is 0 Å². The summed E-state index contributed by atoms with van der Waals surface area (Å²) >= 11 is 0. The van der Waals surface area contributed by atoms with E-state index in [9.17, 15) is 38.9 Å². The van der Waals surface area contributed by atoms with E-state index in [1.165, 1.54) is 60.0 Å². The number of non-ortho nitro benzene ring substituents is 1. The number of aromatic nitrogens is 4. The Bertz CT molecular complexity index is 2560. The van der Waals surface area contributed by atoms with Gasteiger partial charge in [0.2, 0.25) is 11.6 Å². The Morgan fingerprint density at radius 1 is 0.729 bits per heavy atom. The van der Waals surface area contributed by atoms with Crippen LogP contribution in [0.15, 0.2) is 69.8 Å². The van der Waals surface area contributed by atoms with E-state index in [1.54, 1.807) is 38.4 Å². The summed E-state index contributed by atoms with van der Waals surface area (Å²) in [6.07, 6.45) is 2.99. The lowest BCUT2D eigenvalue weighted by Gasteiger charge is -2.03. The standard InChI is InChI=1S/C18H17N5O7.C18H19N5O5.CH4.H2/c1-22-9-14(20-16(22)18(26)19-6-5-15(24)29-2)21-17(25)13-8-10-7-11(23(27)28)3-4-12(10)30-13;1-23-9-14(21-16(23)18(26)20-6-5-15(24)27-2)22-17(25)13-8-10-7-11(19)3-4-12(10)28-13;;/h3-4,7-9H,5-6H2,1-2H3,(H,19,26)(H,21,25);3-4,7-9H,5-6,19H2,1-2H3,(H,20,26)(H,22,25);1H4;1H. The summed E-state index contributed by atoms with van der Waals surface area (Å²) in [4.78, 5) is 89.8. The van der Waals surface area contributed by atoms with Gasteiger partial charge in [0.05, 0.1) is 32.0 Å². The number of nitrogens with one attached hydrogen (secondary N) is 4. The van der Waals surface area contributed by atoms with Crippen LogP contribution < -0.4 is 27.0 Å². The van der Waals surface area contributed by atoms with E-state index in [1.807, 2.05) is 0 Å². The van der Waals surface area contributed by atoms with Crippen molar-refractivity contribution in [3.8, 4) is 0 Å². The average molecular weight is 819 g/mol. The van der Waals surface area contributed by atoms with Gasteiger partial charge in [-0.25, -0.2) is 9.97 Å². The second-order valence-electron chi connectivity index (χ2n) is 12.2. The monoisotopic (exact) mass is 818 g/mol. The number of nitro benzene ring substituents is 1. The van der Waals surface area contributed by atoms with E-state index in [0.29, 0.717) is 27.6 Å². The molecule has 0 fully saturated rings. The second kappa shape index (κ2) is 19.2. The number of carbonyl (C=O) groups is 6. The van der Waals surface area contributed by atoms with Crippen LogP contribution in [-0.2, 0) is 33.2 Å². The van der Waals surface area contributed by atoms with E-state index in [0.717, 1.165) is 0 Å². The van der Waals surface area contributed by atoms with Crippen molar-refractivity contribution in [2.24, 2.45) is 14.1 Å². The number of hydrogen-bond acceptors (Lipinski definition) is 15. The summed E-state index contributed by atoms with van der Waals surface area (Å²) in [6, 6.07) is 12.0. The minimum absolute atomic E-state index is 0. The Kier molecular flexibility index (Phi) is 14.2. The van der Waals surface area contributed by atoms with Crippen molar-refractivity contribution in [2.45, 2.75) is 20.3 Å². The van der Waals surface area contributed by atoms with E-state index in [4.69, 9.17) is 14.6 Å². The molecule has 0 saturated carbocycles. The molecule has 0 aliphatic heterocycles. The molecule has 0 saturated heterocycles. The van der Waals surface area contributed by atoms with Crippen molar-refractivity contribution in [3.63, 3.8) is 0 Å². The first-order valence-electron chi connectivity index (χ1n) is 17.0. The molecule has 22 heteroatoms. The van der Waals surface area contributed by atoms with Crippen LogP contribution in [0.5, 0.6) is 0 Å². The predicted octanol–water partition coefficient (Wildman–Crippen LogP) is 3.80. The first-order chi connectivity index (χ1) is 27.6. The fraction of sp³-hybridized carbons (Fsp3) is 0.243. The Hall–Kier alpha value is -8.04. The number of nitrogens with two attached hydrogens (primary N) is 1.